The van der Waals surface area contributed by atoms with Crippen LogP contribution in [0.15, 0.2) is 48.8 Å². The maximum absolute atomic E-state index is 12.6. The van der Waals surface area contributed by atoms with Crippen molar-refractivity contribution in [2.24, 2.45) is 0 Å². The summed E-state index contributed by atoms with van der Waals surface area (Å²) in [4.78, 5) is 17.0. The number of amides is 1. The van der Waals surface area contributed by atoms with Gasteiger partial charge in [0.2, 0.25) is 0 Å². The number of aryl methyl sites for hydroxylation is 2. The zero-order valence-electron chi connectivity index (χ0n) is 14.1. The Bertz CT molecular complexity index is 868. The topological polar surface area (TPSA) is 59.8 Å². The van der Waals surface area contributed by atoms with Crippen molar-refractivity contribution in [3.8, 4) is 5.82 Å². The van der Waals surface area contributed by atoms with E-state index in [-0.39, 0.29) is 5.91 Å². The molecule has 0 bridgehead atoms. The van der Waals surface area contributed by atoms with Crippen LogP contribution in [0.3, 0.4) is 0 Å². The maximum atomic E-state index is 12.6. The van der Waals surface area contributed by atoms with E-state index in [4.69, 9.17) is 0 Å². The van der Waals surface area contributed by atoms with Crippen LogP contribution in [0.25, 0.3) is 5.82 Å². The highest BCUT2D eigenvalue weighted by Gasteiger charge is 2.17. The second-order valence-electron chi connectivity index (χ2n) is 5.71. The number of carbonyl (C=O) groups is 1. The normalized spacial score (nSPS) is 10.6. The second kappa shape index (κ2) is 6.66. The van der Waals surface area contributed by atoms with Gasteiger partial charge in [0.05, 0.1) is 17.5 Å². The summed E-state index contributed by atoms with van der Waals surface area (Å²) in [6.07, 6.45) is 4.00. The van der Waals surface area contributed by atoms with E-state index in [2.05, 4.69) is 15.4 Å². The molecule has 0 saturated carbocycles. The third kappa shape index (κ3) is 3.06. The van der Waals surface area contributed by atoms with Crippen molar-refractivity contribution in [3.05, 3.63) is 71.2 Å². The van der Waals surface area contributed by atoms with Gasteiger partial charge in [0.25, 0.3) is 5.91 Å². The summed E-state index contributed by atoms with van der Waals surface area (Å²) >= 11 is 0. The summed E-state index contributed by atoms with van der Waals surface area (Å²) in [6, 6.07) is 11.5. The third-order valence-corrected chi connectivity index (χ3v) is 4.08. The van der Waals surface area contributed by atoms with E-state index in [1.807, 2.05) is 57.2 Å². The quantitative estimate of drug-likeness (QED) is 0.797. The molecule has 5 nitrogen and oxygen atoms in total. The number of anilines is 1. The van der Waals surface area contributed by atoms with Gasteiger partial charge in [-0.3, -0.25) is 4.79 Å². The molecule has 2 heterocycles. The molecule has 1 aromatic carbocycles. The number of nitrogens with zero attached hydrogens (tertiary/aromatic N) is 3. The standard InChI is InChI=1S/C19H20N4O/c1-4-17-16(12-21-23(17)18-7-5-6-10-20-18)19(24)22-15-9-8-13(2)14(3)11-15/h5-12H,4H2,1-3H3,(H,22,24). The summed E-state index contributed by atoms with van der Waals surface area (Å²) in [6.45, 7) is 6.08. The van der Waals surface area contributed by atoms with Crippen LogP contribution in [-0.2, 0) is 6.42 Å². The van der Waals surface area contributed by atoms with E-state index < -0.39 is 0 Å². The van der Waals surface area contributed by atoms with Crippen LogP contribution in [0.2, 0.25) is 0 Å². The first kappa shape index (κ1) is 15.9. The molecule has 24 heavy (non-hydrogen) atoms. The van der Waals surface area contributed by atoms with E-state index in [9.17, 15) is 4.79 Å². The molecule has 2 aromatic heterocycles. The number of nitrogens with one attached hydrogen (secondary N) is 1. The Kier molecular flexibility index (Phi) is 4.42. The van der Waals surface area contributed by atoms with Crippen LogP contribution in [0.1, 0.15) is 34.1 Å². The molecular weight excluding hydrogens is 300 g/mol. The molecule has 0 aliphatic heterocycles. The molecule has 3 rings (SSSR count). The fourth-order valence-corrected chi connectivity index (χ4v) is 2.60. The molecule has 5 heteroatoms. The van der Waals surface area contributed by atoms with Gasteiger partial charge in [0.1, 0.15) is 0 Å². The lowest BCUT2D eigenvalue weighted by Gasteiger charge is -2.09. The lowest BCUT2D eigenvalue weighted by Crippen LogP contribution is -2.14. The van der Waals surface area contributed by atoms with Gasteiger partial charge in [0, 0.05) is 11.9 Å². The summed E-state index contributed by atoms with van der Waals surface area (Å²) < 4.78 is 1.72. The number of benzene rings is 1. The van der Waals surface area contributed by atoms with Crippen molar-refractivity contribution >= 4 is 11.6 Å². The van der Waals surface area contributed by atoms with Gasteiger partial charge < -0.3 is 5.32 Å². The molecule has 0 aliphatic carbocycles. The zero-order valence-corrected chi connectivity index (χ0v) is 14.1. The number of pyridine rings is 1. The first-order valence-electron chi connectivity index (χ1n) is 7.97. The lowest BCUT2D eigenvalue weighted by atomic mass is 10.1. The average molecular weight is 320 g/mol. The van der Waals surface area contributed by atoms with E-state index in [0.29, 0.717) is 17.8 Å². The van der Waals surface area contributed by atoms with Crippen LogP contribution >= 0.6 is 0 Å². The number of aromatic nitrogens is 3. The Morgan fingerprint density at radius 1 is 1.17 bits per heavy atom. The number of carbonyl (C=O) groups excluding carboxylic acids is 1. The molecule has 0 unspecified atom stereocenters. The monoisotopic (exact) mass is 320 g/mol. The van der Waals surface area contributed by atoms with E-state index in [0.717, 1.165) is 16.9 Å². The Labute approximate surface area is 141 Å². The summed E-state index contributed by atoms with van der Waals surface area (Å²) in [5, 5.41) is 7.30. The van der Waals surface area contributed by atoms with Gasteiger partial charge in [-0.15, -0.1) is 0 Å². The first-order chi connectivity index (χ1) is 11.6. The first-order valence-corrected chi connectivity index (χ1v) is 7.97. The largest absolute Gasteiger partial charge is 0.322 e. The molecular formula is C19H20N4O. The molecule has 1 amide bonds. The predicted octanol–water partition coefficient (Wildman–Crippen LogP) is 3.70. The van der Waals surface area contributed by atoms with E-state index >= 15 is 0 Å². The van der Waals surface area contributed by atoms with Gasteiger partial charge in [-0.1, -0.05) is 19.1 Å². The van der Waals surface area contributed by atoms with Crippen molar-refractivity contribution in [1.82, 2.24) is 14.8 Å². The zero-order chi connectivity index (χ0) is 17.1. The van der Waals surface area contributed by atoms with E-state index in [1.165, 1.54) is 5.56 Å². The highest BCUT2D eigenvalue weighted by molar-refractivity contribution is 6.05. The van der Waals surface area contributed by atoms with Crippen molar-refractivity contribution in [1.29, 1.82) is 0 Å². The van der Waals surface area contributed by atoms with Crippen molar-refractivity contribution < 1.29 is 4.79 Å². The lowest BCUT2D eigenvalue weighted by molar-refractivity contribution is 0.102. The third-order valence-electron chi connectivity index (χ3n) is 4.08. The smallest absolute Gasteiger partial charge is 0.259 e. The number of rotatable bonds is 4. The van der Waals surface area contributed by atoms with Gasteiger partial charge in [0.15, 0.2) is 5.82 Å². The van der Waals surface area contributed by atoms with E-state index in [1.54, 1.807) is 17.1 Å². The Morgan fingerprint density at radius 2 is 2.00 bits per heavy atom. The second-order valence-corrected chi connectivity index (χ2v) is 5.71. The maximum Gasteiger partial charge on any atom is 0.259 e. The molecule has 0 saturated heterocycles. The summed E-state index contributed by atoms with van der Waals surface area (Å²) in [5.74, 6) is 0.553. The molecule has 0 radical (unpaired) electrons. The van der Waals surface area contributed by atoms with Gasteiger partial charge in [-0.25, -0.2) is 9.67 Å². The van der Waals surface area contributed by atoms with Gasteiger partial charge in [-0.2, -0.15) is 5.10 Å². The highest BCUT2D eigenvalue weighted by Crippen LogP contribution is 2.18. The molecule has 0 spiro atoms. The molecule has 0 atom stereocenters. The van der Waals surface area contributed by atoms with Gasteiger partial charge in [-0.05, 0) is 55.7 Å². The van der Waals surface area contributed by atoms with Crippen LogP contribution in [0.5, 0.6) is 0 Å². The highest BCUT2D eigenvalue weighted by atomic mass is 16.1. The minimum absolute atomic E-state index is 0.155. The molecule has 1 N–H and O–H groups in total. The molecule has 0 fully saturated rings. The van der Waals surface area contributed by atoms with Crippen LogP contribution in [-0.4, -0.2) is 20.7 Å². The average Bonchev–Trinajstić information content (AvgIpc) is 3.03. The van der Waals surface area contributed by atoms with Crippen LogP contribution in [0, 0.1) is 13.8 Å². The Hall–Kier alpha value is -2.95. The summed E-state index contributed by atoms with van der Waals surface area (Å²) in [7, 11) is 0. The fraction of sp³-hybridized carbons (Fsp3) is 0.211. The van der Waals surface area contributed by atoms with Crippen molar-refractivity contribution in [2.45, 2.75) is 27.2 Å². The van der Waals surface area contributed by atoms with Crippen molar-refractivity contribution in [2.75, 3.05) is 5.32 Å². The number of hydrogen-bond donors (Lipinski definition) is 1. The number of hydrogen-bond acceptors (Lipinski definition) is 3. The Balaban J connectivity index is 1.90. The summed E-state index contributed by atoms with van der Waals surface area (Å²) in [5.41, 5.74) is 4.55. The van der Waals surface area contributed by atoms with Crippen LogP contribution < -0.4 is 5.32 Å². The van der Waals surface area contributed by atoms with Gasteiger partial charge >= 0.3 is 0 Å². The minimum atomic E-state index is -0.155. The molecule has 0 aliphatic rings. The molecule has 122 valence electrons. The van der Waals surface area contributed by atoms with Crippen LogP contribution in [0.4, 0.5) is 5.69 Å². The minimum Gasteiger partial charge on any atom is -0.322 e. The molecule has 3 aromatic rings. The van der Waals surface area contributed by atoms with Crippen molar-refractivity contribution in [3.63, 3.8) is 0 Å². The predicted molar refractivity (Wildman–Crippen MR) is 94.6 cm³/mol. The SMILES string of the molecule is CCc1c(C(=O)Nc2ccc(C)c(C)c2)cnn1-c1ccccn1. The fourth-order valence-electron chi connectivity index (χ4n) is 2.60. The Morgan fingerprint density at radius 3 is 2.67 bits per heavy atom.